The molecule has 5 heteroatoms. The Morgan fingerprint density at radius 1 is 1.13 bits per heavy atom. The minimum absolute atomic E-state index is 0.0498. The van der Waals surface area contributed by atoms with Gasteiger partial charge in [-0.15, -0.1) is 0 Å². The monoisotopic (exact) mass is 418 g/mol. The Morgan fingerprint density at radius 3 is 2.55 bits per heavy atom. The summed E-state index contributed by atoms with van der Waals surface area (Å²) < 4.78 is 7.79. The number of benzene rings is 1. The Hall–Kier alpha value is -2.95. The molecule has 164 valence electrons. The summed E-state index contributed by atoms with van der Waals surface area (Å²) in [5.74, 6) is 1.64. The number of aryl methyl sites for hydroxylation is 1. The SMILES string of the molecule is C=C(c1cnc(Nc2cc(C(C)(C)C)ccc2OC)c2ccn(C)c12)N1CCCCC1. The van der Waals surface area contributed by atoms with Crippen molar-refractivity contribution >= 4 is 28.1 Å². The molecule has 0 saturated carbocycles. The van der Waals surface area contributed by atoms with E-state index >= 15 is 0 Å². The Bertz CT molecular complexity index is 1100. The van der Waals surface area contributed by atoms with Crippen LogP contribution in [0.3, 0.4) is 0 Å². The summed E-state index contributed by atoms with van der Waals surface area (Å²) in [5, 5.41) is 4.63. The number of methoxy groups -OCH3 is 1. The zero-order chi connectivity index (χ0) is 22.2. The molecule has 0 radical (unpaired) electrons. The number of likely N-dealkylation sites (tertiary alicyclic amines) is 1. The highest BCUT2D eigenvalue weighted by Crippen LogP contribution is 2.36. The number of ether oxygens (including phenoxy) is 1. The molecule has 1 aliphatic rings. The Labute approximate surface area is 185 Å². The number of aromatic nitrogens is 2. The van der Waals surface area contributed by atoms with Crippen molar-refractivity contribution in [1.29, 1.82) is 0 Å². The van der Waals surface area contributed by atoms with Crippen molar-refractivity contribution in [3.05, 3.63) is 54.4 Å². The molecule has 0 unspecified atom stereocenters. The molecule has 0 atom stereocenters. The summed E-state index contributed by atoms with van der Waals surface area (Å²) in [7, 11) is 3.79. The van der Waals surface area contributed by atoms with E-state index in [0.29, 0.717) is 0 Å². The third-order valence-corrected chi connectivity index (χ3v) is 6.27. The van der Waals surface area contributed by atoms with E-state index in [-0.39, 0.29) is 5.41 Å². The highest BCUT2D eigenvalue weighted by atomic mass is 16.5. The maximum atomic E-state index is 5.63. The van der Waals surface area contributed by atoms with E-state index in [1.165, 1.54) is 24.8 Å². The molecule has 4 rings (SSSR count). The molecule has 5 nitrogen and oxygen atoms in total. The number of pyridine rings is 1. The average molecular weight is 419 g/mol. The van der Waals surface area contributed by atoms with E-state index < -0.39 is 0 Å². The van der Waals surface area contributed by atoms with Crippen molar-refractivity contribution in [2.75, 3.05) is 25.5 Å². The van der Waals surface area contributed by atoms with Gasteiger partial charge in [0.15, 0.2) is 0 Å². The second-order valence-electron chi connectivity index (χ2n) is 9.49. The van der Waals surface area contributed by atoms with Crippen LogP contribution in [0.5, 0.6) is 5.75 Å². The third kappa shape index (κ3) is 4.14. The Balaban J connectivity index is 1.75. The van der Waals surface area contributed by atoms with Crippen molar-refractivity contribution in [3.63, 3.8) is 0 Å². The van der Waals surface area contributed by atoms with Gasteiger partial charge in [-0.25, -0.2) is 4.98 Å². The lowest BCUT2D eigenvalue weighted by molar-refractivity contribution is 0.326. The first-order valence-electron chi connectivity index (χ1n) is 11.1. The van der Waals surface area contributed by atoms with Crippen molar-refractivity contribution in [2.24, 2.45) is 7.05 Å². The smallest absolute Gasteiger partial charge is 0.142 e. The van der Waals surface area contributed by atoms with Crippen LogP contribution in [0.4, 0.5) is 11.5 Å². The Morgan fingerprint density at radius 2 is 1.87 bits per heavy atom. The predicted octanol–water partition coefficient (Wildman–Crippen LogP) is 6.08. The zero-order valence-corrected chi connectivity index (χ0v) is 19.5. The number of nitrogens with zero attached hydrogens (tertiary/aromatic N) is 3. The number of nitrogens with one attached hydrogen (secondary N) is 1. The summed E-state index contributed by atoms with van der Waals surface area (Å²) in [6.07, 6.45) is 7.81. The first kappa shape index (κ1) is 21.3. The lowest BCUT2D eigenvalue weighted by Crippen LogP contribution is -2.28. The summed E-state index contributed by atoms with van der Waals surface area (Å²) in [6, 6.07) is 8.44. The second-order valence-corrected chi connectivity index (χ2v) is 9.49. The van der Waals surface area contributed by atoms with Gasteiger partial charge in [-0.05, 0) is 48.4 Å². The third-order valence-electron chi connectivity index (χ3n) is 6.27. The molecule has 2 aromatic heterocycles. The van der Waals surface area contributed by atoms with Crippen LogP contribution in [0, 0.1) is 0 Å². The summed E-state index contributed by atoms with van der Waals surface area (Å²) in [4.78, 5) is 7.23. The van der Waals surface area contributed by atoms with Crippen LogP contribution < -0.4 is 10.1 Å². The van der Waals surface area contributed by atoms with Crippen LogP contribution in [0.1, 0.15) is 51.2 Å². The molecule has 1 N–H and O–H groups in total. The number of hydrogen-bond acceptors (Lipinski definition) is 4. The summed E-state index contributed by atoms with van der Waals surface area (Å²) >= 11 is 0. The molecule has 0 bridgehead atoms. The van der Waals surface area contributed by atoms with Gasteiger partial charge in [0.05, 0.1) is 18.3 Å². The molecule has 31 heavy (non-hydrogen) atoms. The molecule has 1 fully saturated rings. The molecule has 3 aromatic rings. The van der Waals surface area contributed by atoms with Crippen molar-refractivity contribution in [3.8, 4) is 5.75 Å². The molecule has 1 saturated heterocycles. The van der Waals surface area contributed by atoms with E-state index in [1.807, 2.05) is 12.3 Å². The fourth-order valence-corrected chi connectivity index (χ4v) is 4.36. The van der Waals surface area contributed by atoms with Gasteiger partial charge >= 0.3 is 0 Å². The fraction of sp³-hybridized carbons (Fsp3) is 0.423. The highest BCUT2D eigenvalue weighted by molar-refractivity contribution is 5.98. The van der Waals surface area contributed by atoms with Crippen molar-refractivity contribution < 1.29 is 4.74 Å². The molecule has 1 aromatic carbocycles. The quantitative estimate of drug-likeness (QED) is 0.545. The molecule has 3 heterocycles. The second kappa shape index (κ2) is 8.29. The highest BCUT2D eigenvalue weighted by Gasteiger charge is 2.20. The van der Waals surface area contributed by atoms with Crippen LogP contribution in [0.15, 0.2) is 43.2 Å². The summed E-state index contributed by atoms with van der Waals surface area (Å²) in [6.45, 7) is 13.2. The van der Waals surface area contributed by atoms with E-state index in [0.717, 1.165) is 52.5 Å². The van der Waals surface area contributed by atoms with Gasteiger partial charge in [0.1, 0.15) is 11.6 Å². The maximum Gasteiger partial charge on any atom is 0.142 e. The topological polar surface area (TPSA) is 42.3 Å². The first-order chi connectivity index (χ1) is 14.8. The van der Waals surface area contributed by atoms with Gasteiger partial charge in [0, 0.05) is 49.2 Å². The van der Waals surface area contributed by atoms with Crippen LogP contribution >= 0.6 is 0 Å². The van der Waals surface area contributed by atoms with Gasteiger partial charge in [-0.1, -0.05) is 33.4 Å². The Kier molecular flexibility index (Phi) is 5.69. The van der Waals surface area contributed by atoms with Crippen molar-refractivity contribution in [1.82, 2.24) is 14.5 Å². The molecular weight excluding hydrogens is 384 g/mol. The van der Waals surface area contributed by atoms with Gasteiger partial charge in [-0.3, -0.25) is 0 Å². The van der Waals surface area contributed by atoms with E-state index in [4.69, 9.17) is 9.72 Å². The predicted molar refractivity (Wildman–Crippen MR) is 130 cm³/mol. The number of rotatable bonds is 5. The minimum atomic E-state index is 0.0498. The molecule has 1 aliphatic heterocycles. The molecule has 0 spiro atoms. The van der Waals surface area contributed by atoms with Crippen LogP contribution in [0.2, 0.25) is 0 Å². The van der Waals surface area contributed by atoms with Gasteiger partial charge in [0.25, 0.3) is 0 Å². The fourth-order valence-electron chi connectivity index (χ4n) is 4.36. The number of anilines is 2. The van der Waals surface area contributed by atoms with Crippen LogP contribution in [0.25, 0.3) is 16.6 Å². The van der Waals surface area contributed by atoms with E-state index in [2.05, 4.69) is 73.6 Å². The lowest BCUT2D eigenvalue weighted by Gasteiger charge is -2.31. The van der Waals surface area contributed by atoms with Gasteiger partial charge in [-0.2, -0.15) is 0 Å². The standard InChI is InChI=1S/C26H34N4O/c1-18(30-13-8-7-9-14-30)21-17-27-25(20-12-15-29(5)24(20)21)28-22-16-19(26(2,3)4)10-11-23(22)31-6/h10-12,15-17H,1,7-9,13-14H2,2-6H3,(H,27,28). The molecule has 0 amide bonds. The maximum absolute atomic E-state index is 5.63. The first-order valence-corrected chi connectivity index (χ1v) is 11.1. The van der Waals surface area contributed by atoms with Gasteiger partial charge in [0.2, 0.25) is 0 Å². The normalized spacial score (nSPS) is 14.7. The number of hydrogen-bond donors (Lipinski definition) is 1. The largest absolute Gasteiger partial charge is 0.495 e. The van der Waals surface area contributed by atoms with Gasteiger partial charge < -0.3 is 19.5 Å². The van der Waals surface area contributed by atoms with Crippen LogP contribution in [-0.4, -0.2) is 34.7 Å². The minimum Gasteiger partial charge on any atom is -0.495 e. The summed E-state index contributed by atoms with van der Waals surface area (Å²) in [5.41, 5.74) is 5.54. The number of piperidine rings is 1. The molecular formula is C26H34N4O. The van der Waals surface area contributed by atoms with E-state index in [1.54, 1.807) is 7.11 Å². The molecule has 0 aliphatic carbocycles. The van der Waals surface area contributed by atoms with Crippen LogP contribution in [-0.2, 0) is 12.5 Å². The van der Waals surface area contributed by atoms with Crippen molar-refractivity contribution in [2.45, 2.75) is 45.4 Å². The average Bonchev–Trinajstić information content (AvgIpc) is 3.15. The van der Waals surface area contributed by atoms with E-state index in [9.17, 15) is 0 Å². The zero-order valence-electron chi connectivity index (χ0n) is 19.5. The number of fused-ring (bicyclic) bond motifs is 1. The lowest BCUT2D eigenvalue weighted by atomic mass is 9.87.